The molecule has 5 heterocycles. The zero-order valence-corrected chi connectivity index (χ0v) is 43.3. The van der Waals surface area contributed by atoms with Crippen LogP contribution >= 0.6 is 0 Å². The molecule has 0 spiro atoms. The molecular formula is C76H46N4. The third kappa shape index (κ3) is 7.16. The molecule has 2 aliphatic heterocycles. The molecule has 0 amide bonds. The molecule has 0 fully saturated rings. The molecule has 0 atom stereocenters. The lowest BCUT2D eigenvalue weighted by Crippen LogP contribution is -1.95. The van der Waals surface area contributed by atoms with Crippen LogP contribution in [0.1, 0.15) is 28.3 Å². The second-order valence-corrected chi connectivity index (χ2v) is 21.5. The van der Waals surface area contributed by atoms with E-state index in [2.05, 4.69) is 277 Å². The van der Waals surface area contributed by atoms with Gasteiger partial charge in [-0.2, -0.15) is 0 Å². The molecule has 0 saturated carbocycles. The Balaban J connectivity index is 1.13. The summed E-state index contributed by atoms with van der Waals surface area (Å²) >= 11 is 0. The van der Waals surface area contributed by atoms with Gasteiger partial charge in [-0.25, -0.2) is 9.97 Å². The van der Waals surface area contributed by atoms with Crippen LogP contribution in [-0.2, 0) is 0 Å². The molecule has 0 saturated heterocycles. The van der Waals surface area contributed by atoms with Gasteiger partial charge in [-0.3, -0.25) is 0 Å². The molecule has 15 aromatic rings. The normalized spacial score (nSPS) is 12.5. The molecule has 2 N–H and O–H groups in total. The van der Waals surface area contributed by atoms with Crippen LogP contribution in [0.4, 0.5) is 0 Å². The molecule has 370 valence electrons. The van der Waals surface area contributed by atoms with Gasteiger partial charge in [-0.15, -0.1) is 0 Å². The Morgan fingerprint density at radius 1 is 0.263 bits per heavy atom. The van der Waals surface area contributed by atoms with Crippen LogP contribution in [0.15, 0.2) is 249 Å². The smallest absolute Gasteiger partial charge is 0.0815 e. The second-order valence-electron chi connectivity index (χ2n) is 21.5. The fourth-order valence-electron chi connectivity index (χ4n) is 13.0. The van der Waals surface area contributed by atoms with Crippen molar-refractivity contribution in [1.29, 1.82) is 0 Å². The van der Waals surface area contributed by atoms with Gasteiger partial charge in [0.15, 0.2) is 0 Å². The van der Waals surface area contributed by atoms with Crippen molar-refractivity contribution in [2.24, 2.45) is 0 Å². The van der Waals surface area contributed by atoms with Crippen molar-refractivity contribution in [2.75, 3.05) is 0 Å². The highest BCUT2D eigenvalue weighted by Gasteiger charge is 2.28. The van der Waals surface area contributed by atoms with Crippen molar-refractivity contribution in [3.05, 3.63) is 277 Å². The van der Waals surface area contributed by atoms with E-state index in [-0.39, 0.29) is 0 Å². The average molecular weight is 1020 g/mol. The number of aromatic nitrogens is 4. The van der Waals surface area contributed by atoms with Crippen molar-refractivity contribution in [1.82, 2.24) is 19.9 Å². The van der Waals surface area contributed by atoms with Gasteiger partial charge in [0.05, 0.1) is 28.3 Å². The standard InChI is InChI=1S/C76H46N4/c1-5-17-49-37-66-53(33-45(49)13-1)21-9-25-62(66)70-43-61-42-59-30-29-57(77-59)41-58-31-32-60(78-58)44-71-72(63-26-10-22-54-34-46-14-2-6-18-50(46)38-67(54)63)73(64-27-11-23-55-35-47-15-3-7-19-51(47)39-68(55)64)76(80-71)74(75(70)79-61)65-28-12-24-56-36-48-16-4-8-20-52(48)40-69(56)65/h1-44,77,80H. The largest absolute Gasteiger partial charge is 0.355 e. The molecule has 0 radical (unpaired) electrons. The zero-order chi connectivity index (χ0) is 52.4. The number of H-pyrrole nitrogens is 2. The van der Waals surface area contributed by atoms with Gasteiger partial charge in [0.2, 0.25) is 0 Å². The number of nitrogens with zero attached hydrogens (tertiary/aromatic N) is 2. The molecule has 2 aliphatic rings. The summed E-state index contributed by atoms with van der Waals surface area (Å²) in [5, 5.41) is 18.9. The van der Waals surface area contributed by atoms with E-state index in [4.69, 9.17) is 9.97 Å². The van der Waals surface area contributed by atoms with Gasteiger partial charge in [-0.05, 0) is 206 Å². The van der Waals surface area contributed by atoms with Crippen LogP contribution in [0.5, 0.6) is 0 Å². The third-order valence-corrected chi connectivity index (χ3v) is 16.7. The first-order chi connectivity index (χ1) is 39.6. The highest BCUT2D eigenvalue weighted by molar-refractivity contribution is 6.22. The number of aromatic amines is 2. The Hall–Kier alpha value is -10.7. The van der Waals surface area contributed by atoms with Crippen molar-refractivity contribution in [3.8, 4) is 33.4 Å². The van der Waals surface area contributed by atoms with Crippen LogP contribution in [0.2, 0.25) is 0 Å². The second kappa shape index (κ2) is 17.4. The number of hydrogen-bond donors (Lipinski definition) is 2. The van der Waals surface area contributed by atoms with Gasteiger partial charge in [0, 0.05) is 38.8 Å². The minimum absolute atomic E-state index is 0.850. The highest BCUT2D eigenvalue weighted by Crippen LogP contribution is 2.51. The van der Waals surface area contributed by atoms with E-state index < -0.39 is 0 Å². The number of rotatable bonds is 4. The number of nitrogens with one attached hydrogen (secondary N) is 2. The van der Waals surface area contributed by atoms with E-state index in [1.807, 2.05) is 0 Å². The van der Waals surface area contributed by atoms with Crippen LogP contribution in [0, 0.1) is 0 Å². The van der Waals surface area contributed by atoms with E-state index in [0.29, 0.717) is 0 Å². The predicted molar refractivity (Wildman–Crippen MR) is 340 cm³/mol. The van der Waals surface area contributed by atoms with E-state index in [1.165, 1.54) is 70.0 Å². The fourth-order valence-corrected chi connectivity index (χ4v) is 13.0. The van der Waals surface area contributed by atoms with Gasteiger partial charge < -0.3 is 9.97 Å². The Morgan fingerprint density at radius 2 is 0.637 bits per heavy atom. The maximum Gasteiger partial charge on any atom is 0.0815 e. The maximum atomic E-state index is 5.95. The topological polar surface area (TPSA) is 57.4 Å². The molecule has 3 aromatic heterocycles. The quantitative estimate of drug-likeness (QED) is 0.173. The summed E-state index contributed by atoms with van der Waals surface area (Å²) in [6.45, 7) is 0. The number of fused-ring (bicyclic) bond motifs is 16. The summed E-state index contributed by atoms with van der Waals surface area (Å²) in [6.07, 6.45) is 6.56. The Kier molecular flexibility index (Phi) is 9.68. The number of hydrogen-bond acceptors (Lipinski definition) is 2. The van der Waals surface area contributed by atoms with E-state index in [9.17, 15) is 0 Å². The summed E-state index contributed by atoms with van der Waals surface area (Å²) in [4.78, 5) is 19.3. The Bertz CT molecular complexity index is 5440. The Labute approximate surface area is 459 Å². The molecule has 4 heteroatoms. The van der Waals surface area contributed by atoms with E-state index in [0.717, 1.165) is 106 Å². The molecule has 8 bridgehead atoms. The lowest BCUT2D eigenvalue weighted by Gasteiger charge is -2.17. The van der Waals surface area contributed by atoms with Crippen LogP contribution in [0.25, 0.3) is 165 Å². The van der Waals surface area contributed by atoms with Crippen LogP contribution in [-0.4, -0.2) is 19.9 Å². The average Bonchev–Trinajstić information content (AvgIpc) is 4.38. The molecular weight excluding hydrogens is 969 g/mol. The van der Waals surface area contributed by atoms with Crippen molar-refractivity contribution >= 4 is 132 Å². The highest BCUT2D eigenvalue weighted by atomic mass is 14.8. The summed E-state index contributed by atoms with van der Waals surface area (Å²) in [5.41, 5.74) is 16.0. The Morgan fingerprint density at radius 3 is 1.11 bits per heavy atom. The summed E-state index contributed by atoms with van der Waals surface area (Å²) in [5.74, 6) is 0. The molecule has 0 unspecified atom stereocenters. The van der Waals surface area contributed by atoms with Crippen LogP contribution in [0.3, 0.4) is 0 Å². The first-order valence-electron chi connectivity index (χ1n) is 27.4. The van der Waals surface area contributed by atoms with Crippen molar-refractivity contribution in [3.63, 3.8) is 0 Å². The first-order valence-corrected chi connectivity index (χ1v) is 27.4. The number of benzene rings is 12. The molecule has 17 rings (SSSR count). The minimum atomic E-state index is 0.850. The lowest BCUT2D eigenvalue weighted by molar-refractivity contribution is 1.31. The fraction of sp³-hybridized carbons (Fsp3) is 0. The lowest BCUT2D eigenvalue weighted by atomic mass is 9.85. The van der Waals surface area contributed by atoms with Crippen molar-refractivity contribution in [2.45, 2.75) is 0 Å². The molecule has 0 aliphatic carbocycles. The first kappa shape index (κ1) is 44.4. The summed E-state index contributed by atoms with van der Waals surface area (Å²) < 4.78 is 0. The van der Waals surface area contributed by atoms with E-state index >= 15 is 0 Å². The van der Waals surface area contributed by atoms with E-state index in [1.54, 1.807) is 0 Å². The van der Waals surface area contributed by atoms with Crippen LogP contribution < -0.4 is 0 Å². The molecule has 12 aromatic carbocycles. The SMILES string of the molecule is C1=Cc2cc3[nH]c(c(-c4cccc5cc6ccccc6cc45)c4nc(cc5ccc(cc1n2)[nH]5)C=C4c1cccc2cc4ccccc4cc12)c(-c1cccc2cc4ccccc4cc12)c3-c1cccc2cc3ccccc3cc12. The molecule has 80 heavy (non-hydrogen) atoms. The maximum absolute atomic E-state index is 5.95. The summed E-state index contributed by atoms with van der Waals surface area (Å²) in [7, 11) is 0. The van der Waals surface area contributed by atoms with Gasteiger partial charge >= 0.3 is 0 Å². The zero-order valence-electron chi connectivity index (χ0n) is 43.3. The predicted octanol–water partition coefficient (Wildman–Crippen LogP) is 20.3. The minimum Gasteiger partial charge on any atom is -0.355 e. The monoisotopic (exact) mass is 1010 g/mol. The van der Waals surface area contributed by atoms with Gasteiger partial charge in [-0.1, -0.05) is 170 Å². The molecule has 4 nitrogen and oxygen atoms in total. The summed E-state index contributed by atoms with van der Waals surface area (Å²) in [6, 6.07) is 91.7. The van der Waals surface area contributed by atoms with Crippen molar-refractivity contribution < 1.29 is 0 Å². The van der Waals surface area contributed by atoms with Gasteiger partial charge in [0.1, 0.15) is 0 Å². The third-order valence-electron chi connectivity index (χ3n) is 16.7. The van der Waals surface area contributed by atoms with Gasteiger partial charge in [0.25, 0.3) is 0 Å².